The molecule has 0 bridgehead atoms. The standard InChI is InChI=1S/C25H22F2N4O2S/c1-30-12-11-16(14-30)28-24(33)23-22(29-20-9-7-15(26)13-19(20)27)18-8-10-21(32)31(25(18)34-23)17-5-3-2-4-6-17/h2-10,13,16,29H,11-12,14H2,1H3,(H,28,33)/t16-/m1/s1. The third-order valence-corrected chi connectivity index (χ3v) is 7.07. The van der Waals surface area contributed by atoms with Gasteiger partial charge in [0.1, 0.15) is 21.3 Å². The highest BCUT2D eigenvalue weighted by molar-refractivity contribution is 7.21. The van der Waals surface area contributed by atoms with Crippen LogP contribution in [0, 0.1) is 11.6 Å². The summed E-state index contributed by atoms with van der Waals surface area (Å²) in [4.78, 5) is 29.2. The maximum Gasteiger partial charge on any atom is 0.263 e. The molecule has 2 N–H and O–H groups in total. The number of likely N-dealkylation sites (tertiary alicyclic amines) is 1. The third kappa shape index (κ3) is 4.20. The van der Waals surface area contributed by atoms with Gasteiger partial charge in [-0.05, 0) is 50.3 Å². The predicted molar refractivity (Wildman–Crippen MR) is 130 cm³/mol. The van der Waals surface area contributed by atoms with Crippen LogP contribution in [0.5, 0.6) is 0 Å². The number of fused-ring (bicyclic) bond motifs is 1. The number of hydrogen-bond donors (Lipinski definition) is 2. The molecule has 1 atom stereocenters. The Hall–Kier alpha value is -3.56. The molecule has 1 amide bonds. The average molecular weight is 481 g/mol. The molecule has 1 fully saturated rings. The van der Waals surface area contributed by atoms with E-state index >= 15 is 0 Å². The molecule has 6 nitrogen and oxygen atoms in total. The van der Waals surface area contributed by atoms with E-state index in [1.165, 1.54) is 16.7 Å². The number of carbonyl (C=O) groups is 1. The zero-order valence-electron chi connectivity index (χ0n) is 18.3. The number of thiophene rings is 1. The number of amides is 1. The van der Waals surface area contributed by atoms with Crippen molar-refractivity contribution >= 4 is 38.8 Å². The topological polar surface area (TPSA) is 66.4 Å². The van der Waals surface area contributed by atoms with Crippen LogP contribution in [0.2, 0.25) is 0 Å². The molecular formula is C25H22F2N4O2S. The van der Waals surface area contributed by atoms with E-state index in [0.29, 0.717) is 26.5 Å². The number of anilines is 2. The van der Waals surface area contributed by atoms with Gasteiger partial charge in [0.25, 0.3) is 11.5 Å². The van der Waals surface area contributed by atoms with Crippen LogP contribution in [-0.2, 0) is 0 Å². The molecule has 2 aromatic carbocycles. The Labute approximate surface area is 198 Å². The van der Waals surface area contributed by atoms with Crippen molar-refractivity contribution in [3.63, 3.8) is 0 Å². The third-order valence-electron chi connectivity index (χ3n) is 5.88. The second-order valence-corrected chi connectivity index (χ2v) is 9.34. The number of halogens is 2. The Balaban J connectivity index is 1.66. The van der Waals surface area contributed by atoms with Crippen molar-refractivity contribution in [2.75, 3.05) is 25.5 Å². The van der Waals surface area contributed by atoms with Crippen molar-refractivity contribution in [1.82, 2.24) is 14.8 Å². The lowest BCUT2D eigenvalue weighted by Crippen LogP contribution is -2.36. The quantitative estimate of drug-likeness (QED) is 0.441. The smallest absolute Gasteiger partial charge is 0.263 e. The van der Waals surface area contributed by atoms with Gasteiger partial charge in [-0.3, -0.25) is 14.2 Å². The van der Waals surface area contributed by atoms with Gasteiger partial charge in [0.05, 0.1) is 17.1 Å². The van der Waals surface area contributed by atoms with Gasteiger partial charge in [-0.2, -0.15) is 0 Å². The summed E-state index contributed by atoms with van der Waals surface area (Å²) in [5.41, 5.74) is 0.819. The van der Waals surface area contributed by atoms with Crippen LogP contribution in [0.25, 0.3) is 15.9 Å². The number of aromatic nitrogens is 1. The Kier molecular flexibility index (Phi) is 5.89. The van der Waals surface area contributed by atoms with Crippen molar-refractivity contribution in [2.45, 2.75) is 12.5 Å². The molecule has 0 spiro atoms. The van der Waals surface area contributed by atoms with E-state index in [9.17, 15) is 18.4 Å². The molecule has 0 saturated carbocycles. The zero-order chi connectivity index (χ0) is 23.8. The number of hydrogen-bond acceptors (Lipinski definition) is 5. The average Bonchev–Trinajstić information content (AvgIpc) is 3.39. The minimum atomic E-state index is -0.778. The van der Waals surface area contributed by atoms with Crippen LogP contribution in [0.15, 0.2) is 65.5 Å². The second kappa shape index (κ2) is 9.00. The number of benzene rings is 2. The van der Waals surface area contributed by atoms with Crippen LogP contribution in [-0.4, -0.2) is 41.6 Å². The number of pyridine rings is 1. The number of carbonyl (C=O) groups excluding carboxylic acids is 1. The number of nitrogens with zero attached hydrogens (tertiary/aromatic N) is 2. The molecule has 5 rings (SSSR count). The Morgan fingerprint density at radius 2 is 1.88 bits per heavy atom. The fourth-order valence-electron chi connectivity index (χ4n) is 4.22. The number of rotatable bonds is 5. The first-order valence-corrected chi connectivity index (χ1v) is 11.7. The lowest BCUT2D eigenvalue weighted by molar-refractivity contribution is 0.0943. The SMILES string of the molecule is CN1CC[C@@H](NC(=O)c2sc3c(ccc(=O)n3-c3ccccc3)c2Nc2ccc(F)cc2F)C1. The molecular weight excluding hydrogens is 458 g/mol. The van der Waals surface area contributed by atoms with Gasteiger partial charge in [0.15, 0.2) is 0 Å². The molecule has 4 aromatic rings. The summed E-state index contributed by atoms with van der Waals surface area (Å²) in [6.07, 6.45) is 0.831. The molecule has 174 valence electrons. The van der Waals surface area contributed by atoms with Crippen molar-refractivity contribution in [2.24, 2.45) is 0 Å². The number of para-hydroxylation sites is 1. The molecule has 0 unspecified atom stereocenters. The Morgan fingerprint density at radius 3 is 2.59 bits per heavy atom. The first-order chi connectivity index (χ1) is 16.4. The fourth-order valence-corrected chi connectivity index (χ4v) is 5.39. The van der Waals surface area contributed by atoms with E-state index < -0.39 is 11.6 Å². The molecule has 9 heteroatoms. The zero-order valence-corrected chi connectivity index (χ0v) is 19.2. The van der Waals surface area contributed by atoms with Gasteiger partial charge in [-0.25, -0.2) is 8.78 Å². The summed E-state index contributed by atoms with van der Waals surface area (Å²) in [6, 6.07) is 15.4. The van der Waals surface area contributed by atoms with Gasteiger partial charge < -0.3 is 15.5 Å². The summed E-state index contributed by atoms with van der Waals surface area (Å²) in [6.45, 7) is 1.62. The molecule has 0 radical (unpaired) electrons. The van der Waals surface area contributed by atoms with Gasteiger partial charge in [-0.1, -0.05) is 18.2 Å². The van der Waals surface area contributed by atoms with Gasteiger partial charge >= 0.3 is 0 Å². The minimum absolute atomic E-state index is 0.00515. The maximum atomic E-state index is 14.5. The van der Waals surface area contributed by atoms with Crippen molar-refractivity contribution in [3.8, 4) is 5.69 Å². The van der Waals surface area contributed by atoms with Crippen molar-refractivity contribution in [3.05, 3.63) is 87.5 Å². The van der Waals surface area contributed by atoms with E-state index in [2.05, 4.69) is 15.5 Å². The first kappa shape index (κ1) is 22.2. The Bertz CT molecular complexity index is 1430. The molecule has 0 aliphatic carbocycles. The van der Waals surface area contributed by atoms with E-state index in [0.717, 1.165) is 43.0 Å². The second-order valence-electron chi connectivity index (χ2n) is 8.34. The van der Waals surface area contributed by atoms with Crippen LogP contribution in [0.1, 0.15) is 16.1 Å². The summed E-state index contributed by atoms with van der Waals surface area (Å²) in [5, 5.41) is 6.63. The summed E-state index contributed by atoms with van der Waals surface area (Å²) >= 11 is 1.16. The fraction of sp³-hybridized carbons (Fsp3) is 0.200. The summed E-state index contributed by atoms with van der Waals surface area (Å²) in [5.74, 6) is -1.78. The van der Waals surface area contributed by atoms with E-state index in [4.69, 9.17) is 0 Å². The van der Waals surface area contributed by atoms with Crippen LogP contribution < -0.4 is 16.2 Å². The molecule has 1 saturated heterocycles. The van der Waals surface area contributed by atoms with Crippen LogP contribution >= 0.6 is 11.3 Å². The number of nitrogens with one attached hydrogen (secondary N) is 2. The predicted octanol–water partition coefficient (Wildman–Crippen LogP) is 4.51. The van der Waals surface area contributed by atoms with Crippen LogP contribution in [0.4, 0.5) is 20.2 Å². The Morgan fingerprint density at radius 1 is 1.09 bits per heavy atom. The highest BCUT2D eigenvalue weighted by Gasteiger charge is 2.26. The lowest BCUT2D eigenvalue weighted by atomic mass is 10.2. The minimum Gasteiger partial charge on any atom is -0.351 e. The lowest BCUT2D eigenvalue weighted by Gasteiger charge is -2.14. The van der Waals surface area contributed by atoms with Crippen molar-refractivity contribution in [1.29, 1.82) is 0 Å². The van der Waals surface area contributed by atoms with E-state index in [-0.39, 0.29) is 23.2 Å². The van der Waals surface area contributed by atoms with E-state index in [1.54, 1.807) is 18.2 Å². The highest BCUT2D eigenvalue weighted by Crippen LogP contribution is 2.38. The monoisotopic (exact) mass is 480 g/mol. The molecule has 34 heavy (non-hydrogen) atoms. The molecule has 1 aliphatic heterocycles. The summed E-state index contributed by atoms with van der Waals surface area (Å²) in [7, 11) is 1.99. The van der Waals surface area contributed by atoms with Gasteiger partial charge in [0.2, 0.25) is 0 Å². The largest absolute Gasteiger partial charge is 0.351 e. The van der Waals surface area contributed by atoms with Gasteiger partial charge in [-0.15, -0.1) is 11.3 Å². The summed E-state index contributed by atoms with van der Waals surface area (Å²) < 4.78 is 29.5. The van der Waals surface area contributed by atoms with Crippen molar-refractivity contribution < 1.29 is 13.6 Å². The first-order valence-electron chi connectivity index (χ1n) is 10.9. The maximum absolute atomic E-state index is 14.5. The highest BCUT2D eigenvalue weighted by atomic mass is 32.1. The molecule has 2 aromatic heterocycles. The molecule has 1 aliphatic rings. The van der Waals surface area contributed by atoms with E-state index in [1.807, 2.05) is 25.2 Å². The van der Waals surface area contributed by atoms with Crippen LogP contribution in [0.3, 0.4) is 0 Å². The van der Waals surface area contributed by atoms with Gasteiger partial charge in [0, 0.05) is 30.1 Å². The normalized spacial score (nSPS) is 16.1. The number of likely N-dealkylation sites (N-methyl/N-ethyl adjacent to an activating group) is 1. The molecule has 3 heterocycles.